The molecule has 0 saturated heterocycles. The van der Waals surface area contributed by atoms with Crippen molar-refractivity contribution < 1.29 is 14.3 Å². The first kappa shape index (κ1) is 23.3. The van der Waals surface area contributed by atoms with Crippen molar-refractivity contribution in [1.29, 1.82) is 0 Å². The van der Waals surface area contributed by atoms with E-state index in [2.05, 4.69) is 10.4 Å². The van der Waals surface area contributed by atoms with E-state index < -0.39 is 6.17 Å². The van der Waals surface area contributed by atoms with Crippen molar-refractivity contribution in [1.82, 2.24) is 10.3 Å². The zero-order valence-electron chi connectivity index (χ0n) is 19.2. The van der Waals surface area contributed by atoms with Crippen LogP contribution in [0.1, 0.15) is 24.2 Å². The van der Waals surface area contributed by atoms with Crippen LogP contribution in [-0.4, -0.2) is 28.9 Å². The second kappa shape index (κ2) is 10.0. The number of fused-ring (bicyclic) bond motifs is 2. The maximum Gasteiger partial charge on any atom is 0.276 e. The third-order valence-corrected chi connectivity index (χ3v) is 6.42. The van der Waals surface area contributed by atoms with Gasteiger partial charge in [-0.15, -0.1) is 5.10 Å². The summed E-state index contributed by atoms with van der Waals surface area (Å²) in [6.07, 6.45) is 1.25. The van der Waals surface area contributed by atoms with Gasteiger partial charge in [0.05, 0.1) is 17.0 Å². The average Bonchev–Trinajstić information content (AvgIpc) is 2.88. The lowest BCUT2D eigenvalue weighted by molar-refractivity contribution is -0.116. The molecule has 0 unspecified atom stereocenters. The average molecular weight is 507 g/mol. The number of benzene rings is 3. The molecule has 0 fully saturated rings. The van der Waals surface area contributed by atoms with E-state index in [0.29, 0.717) is 46.0 Å². The van der Waals surface area contributed by atoms with Crippen molar-refractivity contribution in [2.45, 2.75) is 19.7 Å². The van der Waals surface area contributed by atoms with Crippen LogP contribution in [0.4, 0.5) is 0 Å². The van der Waals surface area contributed by atoms with E-state index in [4.69, 9.17) is 26.1 Å². The maximum atomic E-state index is 13.1. The molecule has 7 nitrogen and oxygen atoms in total. The Bertz CT molecular complexity index is 1430. The van der Waals surface area contributed by atoms with E-state index in [9.17, 15) is 4.79 Å². The summed E-state index contributed by atoms with van der Waals surface area (Å²) in [5.74, 6) is 0.749. The van der Waals surface area contributed by atoms with Crippen LogP contribution in [0.15, 0.2) is 76.8 Å². The molecule has 9 heteroatoms. The highest BCUT2D eigenvalue weighted by Gasteiger charge is 2.35. The number of hydrogen-bond donors (Lipinski definition) is 1. The van der Waals surface area contributed by atoms with E-state index >= 15 is 0 Å². The van der Waals surface area contributed by atoms with Gasteiger partial charge in [-0.3, -0.25) is 15.1 Å². The molecule has 3 aromatic rings. The van der Waals surface area contributed by atoms with Crippen LogP contribution in [0.3, 0.4) is 0 Å². The lowest BCUT2D eigenvalue weighted by Gasteiger charge is -2.34. The topological polar surface area (TPSA) is 75.5 Å². The highest BCUT2D eigenvalue weighted by Crippen LogP contribution is 2.41. The number of carbonyl (C=O) groups excluding carboxylic acids is 1. The quantitative estimate of drug-likeness (QED) is 0.550. The fraction of sp³-hybridized carbons (Fsp3) is 0.192. The molecule has 0 saturated carbocycles. The summed E-state index contributed by atoms with van der Waals surface area (Å²) in [5, 5.41) is 11.5. The second-order valence-corrected chi connectivity index (χ2v) is 9.02. The Labute approximate surface area is 212 Å². The Morgan fingerprint density at radius 3 is 2.63 bits per heavy atom. The summed E-state index contributed by atoms with van der Waals surface area (Å²) >= 11 is 8.08. The molecule has 0 aromatic heterocycles. The first-order chi connectivity index (χ1) is 17.1. The van der Waals surface area contributed by atoms with Gasteiger partial charge in [0, 0.05) is 10.8 Å². The van der Waals surface area contributed by atoms with E-state index in [0.717, 1.165) is 16.3 Å². The van der Waals surface area contributed by atoms with E-state index in [1.807, 2.05) is 73.8 Å². The van der Waals surface area contributed by atoms with Crippen LogP contribution in [0.5, 0.6) is 11.5 Å². The number of rotatable bonds is 6. The molecule has 3 aromatic carbocycles. The number of nitrogens with one attached hydrogen (secondary N) is 1. The standard InChI is InChI=1S/C26H23ClN4O3S/c1-3-33-21-14-17(13-19(27)23(21)34-15-16-9-5-4-6-10-16)24-28-20-12-8-7-11-18(20)22-25(32)29-26(35-2)30-31(22)24/h4-14,24H,3,15H2,1-2H3,(H,29,30,32)/t24-/m1/s1. The van der Waals surface area contributed by atoms with Gasteiger partial charge in [0.2, 0.25) is 0 Å². The molecule has 2 aliphatic heterocycles. The first-order valence-corrected chi connectivity index (χ1v) is 12.7. The highest BCUT2D eigenvalue weighted by atomic mass is 35.5. The Kier molecular flexibility index (Phi) is 6.66. The normalized spacial score (nSPS) is 16.5. The van der Waals surface area contributed by atoms with Gasteiger partial charge in [-0.2, -0.15) is 0 Å². The van der Waals surface area contributed by atoms with Crippen molar-refractivity contribution >= 4 is 40.1 Å². The molecule has 0 spiro atoms. The Morgan fingerprint density at radius 1 is 1.09 bits per heavy atom. The molecule has 1 amide bonds. The zero-order chi connectivity index (χ0) is 24.4. The highest BCUT2D eigenvalue weighted by molar-refractivity contribution is 8.13. The van der Waals surface area contributed by atoms with Crippen molar-refractivity contribution in [3.8, 4) is 11.5 Å². The predicted octanol–water partition coefficient (Wildman–Crippen LogP) is 3.82. The number of nitrogens with zero attached hydrogens (tertiary/aromatic N) is 3. The molecular weight excluding hydrogens is 484 g/mol. The van der Waals surface area contributed by atoms with E-state index in [1.165, 1.54) is 11.8 Å². The molecule has 35 heavy (non-hydrogen) atoms. The molecule has 1 atom stereocenters. The minimum Gasteiger partial charge on any atom is -0.490 e. The largest absolute Gasteiger partial charge is 0.490 e. The molecule has 2 aliphatic rings. The third kappa shape index (κ3) is 4.59. The molecule has 2 heterocycles. The predicted molar refractivity (Wildman–Crippen MR) is 138 cm³/mol. The Morgan fingerprint density at radius 2 is 1.86 bits per heavy atom. The number of hydrogen-bond acceptors (Lipinski definition) is 7. The molecule has 0 aliphatic carbocycles. The van der Waals surface area contributed by atoms with Crippen LogP contribution in [-0.2, 0) is 11.4 Å². The fourth-order valence-corrected chi connectivity index (χ4v) is 4.64. The summed E-state index contributed by atoms with van der Waals surface area (Å²) in [6.45, 7) is 2.69. The summed E-state index contributed by atoms with van der Waals surface area (Å²) in [7, 11) is 0. The minimum atomic E-state index is -0.604. The van der Waals surface area contributed by atoms with Gasteiger partial charge in [-0.05, 0) is 36.9 Å². The molecule has 1 N–H and O–H groups in total. The number of ether oxygens (including phenoxy) is 2. The van der Waals surface area contributed by atoms with Crippen LogP contribution in [0.25, 0.3) is 5.70 Å². The molecule has 0 bridgehead atoms. The number of amidine groups is 1. The van der Waals surface area contributed by atoms with E-state index in [1.54, 1.807) is 11.1 Å². The molecule has 178 valence electrons. The Balaban J connectivity index is 1.59. The summed E-state index contributed by atoms with van der Waals surface area (Å²) in [5.41, 5.74) is 2.19. The van der Waals surface area contributed by atoms with Gasteiger partial charge >= 0.3 is 0 Å². The van der Waals surface area contributed by atoms with Gasteiger partial charge in [-0.25, -0.2) is 5.01 Å². The third-order valence-electron chi connectivity index (χ3n) is 5.56. The van der Waals surface area contributed by atoms with Crippen molar-refractivity contribution in [3.63, 3.8) is 0 Å². The minimum absolute atomic E-state index is 0.226. The molecule has 5 rings (SSSR count). The smallest absolute Gasteiger partial charge is 0.276 e. The van der Waals surface area contributed by atoms with E-state index in [-0.39, 0.29) is 5.91 Å². The van der Waals surface area contributed by atoms with Crippen molar-refractivity contribution in [2.75, 3.05) is 12.9 Å². The summed E-state index contributed by atoms with van der Waals surface area (Å²) in [4.78, 5) is 18.0. The number of halogens is 1. The number of para-hydroxylation sites is 1. The SMILES string of the molecule is CCOc1cc([C@@H]2N=c3ccccc3=C3C(=O)NC(SC)=NN32)cc(Cl)c1OCc1ccccc1. The number of thioether (sulfide) groups is 1. The monoisotopic (exact) mass is 506 g/mol. The number of amides is 1. The number of carbonyl (C=O) groups is 1. The fourth-order valence-electron chi connectivity index (χ4n) is 4.01. The van der Waals surface area contributed by atoms with Gasteiger partial charge in [0.15, 0.2) is 22.8 Å². The molecule has 0 radical (unpaired) electrons. The lowest BCUT2D eigenvalue weighted by atomic mass is 10.1. The Hall–Kier alpha value is -3.49. The maximum absolute atomic E-state index is 13.1. The first-order valence-electron chi connectivity index (χ1n) is 11.1. The molecular formula is C26H23ClN4O3S. The van der Waals surface area contributed by atoms with Gasteiger partial charge < -0.3 is 9.47 Å². The van der Waals surface area contributed by atoms with Crippen LogP contribution in [0.2, 0.25) is 5.02 Å². The van der Waals surface area contributed by atoms with Crippen molar-refractivity contribution in [3.05, 3.63) is 93.5 Å². The van der Waals surface area contributed by atoms with Crippen LogP contribution >= 0.6 is 23.4 Å². The summed E-state index contributed by atoms with van der Waals surface area (Å²) in [6, 6.07) is 21.0. The van der Waals surface area contributed by atoms with Crippen molar-refractivity contribution in [2.24, 2.45) is 10.1 Å². The van der Waals surface area contributed by atoms with Gasteiger partial charge in [0.25, 0.3) is 5.91 Å². The zero-order valence-corrected chi connectivity index (χ0v) is 20.8. The van der Waals surface area contributed by atoms with Crippen LogP contribution in [0, 0.1) is 0 Å². The van der Waals surface area contributed by atoms with Crippen LogP contribution < -0.4 is 25.4 Å². The second-order valence-electron chi connectivity index (χ2n) is 7.81. The van der Waals surface area contributed by atoms with Gasteiger partial charge in [-0.1, -0.05) is 71.9 Å². The number of hydrazone groups is 1. The summed E-state index contributed by atoms with van der Waals surface area (Å²) < 4.78 is 12.0. The van der Waals surface area contributed by atoms with Gasteiger partial charge in [0.1, 0.15) is 12.3 Å². The lowest BCUT2D eigenvalue weighted by Crippen LogP contribution is -2.50.